The minimum atomic E-state index is -0.439. The summed E-state index contributed by atoms with van der Waals surface area (Å²) in [6, 6.07) is 3.57. The zero-order valence-corrected chi connectivity index (χ0v) is 9.83. The highest BCUT2D eigenvalue weighted by molar-refractivity contribution is 5.49. The molecule has 0 N–H and O–H groups in total. The highest BCUT2D eigenvalue weighted by Gasteiger charge is 2.09. The lowest BCUT2D eigenvalue weighted by molar-refractivity contribution is 0.362. The van der Waals surface area contributed by atoms with Gasteiger partial charge < -0.3 is 9.32 Å². The molecule has 0 saturated carbocycles. The van der Waals surface area contributed by atoms with E-state index in [0.29, 0.717) is 18.0 Å². The first-order valence-electron chi connectivity index (χ1n) is 5.30. The second-order valence-corrected chi connectivity index (χ2v) is 3.94. The van der Waals surface area contributed by atoms with E-state index in [1.165, 1.54) is 4.68 Å². The van der Waals surface area contributed by atoms with Crippen molar-refractivity contribution in [1.82, 2.24) is 19.7 Å². The van der Waals surface area contributed by atoms with E-state index in [2.05, 4.69) is 10.1 Å². The number of hydrogen-bond acceptors (Lipinski definition) is 5. The zero-order valence-electron chi connectivity index (χ0n) is 9.83. The molecule has 0 aliphatic carbocycles. The van der Waals surface area contributed by atoms with Crippen molar-refractivity contribution in [3.63, 3.8) is 0 Å². The van der Waals surface area contributed by atoms with E-state index in [-0.39, 0.29) is 0 Å². The molecule has 0 atom stereocenters. The highest BCUT2D eigenvalue weighted by Crippen LogP contribution is 2.12. The molecular weight excluding hydrogens is 220 g/mol. The number of nitrogens with zero attached hydrogens (tertiary/aromatic N) is 4. The average molecular weight is 234 g/mol. The molecule has 0 bridgehead atoms. The number of aromatic nitrogens is 3. The van der Waals surface area contributed by atoms with Gasteiger partial charge in [0, 0.05) is 18.9 Å². The van der Waals surface area contributed by atoms with E-state index in [0.717, 1.165) is 6.54 Å². The van der Waals surface area contributed by atoms with Crippen LogP contribution in [0.4, 0.5) is 0 Å². The number of rotatable bonds is 4. The van der Waals surface area contributed by atoms with Crippen LogP contribution in [0.1, 0.15) is 0 Å². The Hall–Kier alpha value is -1.95. The van der Waals surface area contributed by atoms with Crippen LogP contribution < -0.4 is 5.76 Å². The zero-order chi connectivity index (χ0) is 12.3. The van der Waals surface area contributed by atoms with Crippen molar-refractivity contribution in [3.8, 4) is 11.5 Å². The fourth-order valence-corrected chi connectivity index (χ4v) is 1.35. The van der Waals surface area contributed by atoms with Gasteiger partial charge in [-0.3, -0.25) is 4.98 Å². The summed E-state index contributed by atoms with van der Waals surface area (Å²) in [6.45, 7) is 1.24. The summed E-state index contributed by atoms with van der Waals surface area (Å²) in [5.74, 6) is -0.132. The minimum absolute atomic E-state index is 0.307. The fourth-order valence-electron chi connectivity index (χ4n) is 1.35. The normalized spacial score (nSPS) is 11.0. The van der Waals surface area contributed by atoms with E-state index in [1.807, 2.05) is 19.0 Å². The van der Waals surface area contributed by atoms with Crippen molar-refractivity contribution in [2.75, 3.05) is 20.6 Å². The van der Waals surface area contributed by atoms with Crippen molar-refractivity contribution in [1.29, 1.82) is 0 Å². The molecule has 0 aromatic carbocycles. The third kappa shape index (κ3) is 2.79. The molecule has 17 heavy (non-hydrogen) atoms. The molecule has 2 heterocycles. The van der Waals surface area contributed by atoms with Crippen molar-refractivity contribution in [2.24, 2.45) is 0 Å². The second kappa shape index (κ2) is 4.92. The maximum atomic E-state index is 11.5. The lowest BCUT2D eigenvalue weighted by Gasteiger charge is -2.06. The lowest BCUT2D eigenvalue weighted by atomic mass is 10.3. The van der Waals surface area contributed by atoms with Gasteiger partial charge in [-0.2, -0.15) is 4.68 Å². The summed E-state index contributed by atoms with van der Waals surface area (Å²) >= 11 is 0. The molecule has 2 rings (SSSR count). The Kier molecular flexibility index (Phi) is 3.34. The maximum absolute atomic E-state index is 11.5. The second-order valence-electron chi connectivity index (χ2n) is 3.94. The third-order valence-electron chi connectivity index (χ3n) is 2.27. The first-order valence-corrected chi connectivity index (χ1v) is 5.30. The van der Waals surface area contributed by atoms with Crippen LogP contribution in [-0.4, -0.2) is 40.3 Å². The van der Waals surface area contributed by atoms with Crippen LogP contribution in [0.3, 0.4) is 0 Å². The van der Waals surface area contributed by atoms with Gasteiger partial charge in [0.15, 0.2) is 0 Å². The third-order valence-corrected chi connectivity index (χ3v) is 2.27. The fraction of sp³-hybridized carbons (Fsp3) is 0.364. The molecule has 0 radical (unpaired) electrons. The average Bonchev–Trinajstić information content (AvgIpc) is 2.69. The van der Waals surface area contributed by atoms with Crippen molar-refractivity contribution < 1.29 is 4.42 Å². The van der Waals surface area contributed by atoms with Gasteiger partial charge in [-0.05, 0) is 26.2 Å². The molecule has 0 saturated heterocycles. The molecule has 0 unspecified atom stereocenters. The summed E-state index contributed by atoms with van der Waals surface area (Å²) in [5, 5.41) is 4.12. The van der Waals surface area contributed by atoms with E-state index in [4.69, 9.17) is 4.42 Å². The Morgan fingerprint density at radius 1 is 1.47 bits per heavy atom. The summed E-state index contributed by atoms with van der Waals surface area (Å²) in [7, 11) is 3.88. The molecular formula is C11H14N4O2. The van der Waals surface area contributed by atoms with Crippen LogP contribution in [0.5, 0.6) is 0 Å². The molecule has 6 nitrogen and oxygen atoms in total. The molecule has 90 valence electrons. The van der Waals surface area contributed by atoms with Gasteiger partial charge in [0.1, 0.15) is 0 Å². The van der Waals surface area contributed by atoms with Crippen molar-refractivity contribution >= 4 is 0 Å². The molecule has 2 aromatic rings. The standard InChI is InChI=1S/C11H14N4O2/c1-14(2)6-7-15-11(16)17-10(13-15)9-4-3-5-12-8-9/h3-5,8H,6-7H2,1-2H3. The monoisotopic (exact) mass is 234 g/mol. The number of likely N-dealkylation sites (N-methyl/N-ethyl adjacent to an activating group) is 1. The highest BCUT2D eigenvalue weighted by atomic mass is 16.4. The van der Waals surface area contributed by atoms with Crippen molar-refractivity contribution in [3.05, 3.63) is 35.1 Å². The smallest absolute Gasteiger partial charge is 0.388 e. The van der Waals surface area contributed by atoms with E-state index in [9.17, 15) is 4.79 Å². The predicted molar refractivity (Wildman–Crippen MR) is 62.5 cm³/mol. The van der Waals surface area contributed by atoms with Gasteiger partial charge in [0.25, 0.3) is 5.89 Å². The number of pyridine rings is 1. The Labute approximate surface area is 98.5 Å². The molecule has 0 fully saturated rings. The molecule has 0 amide bonds. The van der Waals surface area contributed by atoms with Gasteiger partial charge in [0.05, 0.1) is 12.1 Å². The van der Waals surface area contributed by atoms with E-state index < -0.39 is 5.76 Å². The van der Waals surface area contributed by atoms with Crippen LogP contribution in [0.25, 0.3) is 11.5 Å². The molecule has 0 aliphatic heterocycles. The Bertz CT molecular complexity index is 530. The van der Waals surface area contributed by atoms with Gasteiger partial charge in [-0.25, -0.2) is 4.79 Å². The first kappa shape index (κ1) is 11.5. The molecule has 6 heteroatoms. The topological polar surface area (TPSA) is 64.2 Å². The Balaban J connectivity index is 2.22. The maximum Gasteiger partial charge on any atom is 0.437 e. The minimum Gasteiger partial charge on any atom is -0.388 e. The molecule has 0 aliphatic rings. The van der Waals surface area contributed by atoms with Crippen LogP contribution >= 0.6 is 0 Å². The van der Waals surface area contributed by atoms with Gasteiger partial charge in [-0.15, -0.1) is 5.10 Å². The van der Waals surface area contributed by atoms with E-state index in [1.54, 1.807) is 24.5 Å². The van der Waals surface area contributed by atoms with Gasteiger partial charge in [0.2, 0.25) is 0 Å². The summed E-state index contributed by atoms with van der Waals surface area (Å²) in [5.41, 5.74) is 0.702. The summed E-state index contributed by atoms with van der Waals surface area (Å²) in [6.07, 6.45) is 3.27. The Morgan fingerprint density at radius 2 is 2.29 bits per heavy atom. The van der Waals surface area contributed by atoms with Crippen LogP contribution in [0, 0.1) is 0 Å². The Morgan fingerprint density at radius 3 is 2.94 bits per heavy atom. The van der Waals surface area contributed by atoms with Crippen LogP contribution in [0.2, 0.25) is 0 Å². The SMILES string of the molecule is CN(C)CCn1nc(-c2cccnc2)oc1=O. The largest absolute Gasteiger partial charge is 0.437 e. The van der Waals surface area contributed by atoms with Crippen molar-refractivity contribution in [2.45, 2.75) is 6.54 Å². The van der Waals surface area contributed by atoms with Crippen LogP contribution in [0.15, 0.2) is 33.7 Å². The number of hydrogen-bond donors (Lipinski definition) is 0. The van der Waals surface area contributed by atoms with Gasteiger partial charge in [-0.1, -0.05) is 0 Å². The van der Waals surface area contributed by atoms with Crippen LogP contribution in [-0.2, 0) is 6.54 Å². The van der Waals surface area contributed by atoms with Gasteiger partial charge >= 0.3 is 5.76 Å². The summed E-state index contributed by atoms with van der Waals surface area (Å²) < 4.78 is 6.39. The first-order chi connectivity index (χ1) is 8.16. The summed E-state index contributed by atoms with van der Waals surface area (Å²) in [4.78, 5) is 17.5. The quantitative estimate of drug-likeness (QED) is 0.769. The predicted octanol–water partition coefficient (Wildman–Crippen LogP) is 0.460. The van der Waals surface area contributed by atoms with E-state index >= 15 is 0 Å². The molecule has 2 aromatic heterocycles. The lowest BCUT2D eigenvalue weighted by Crippen LogP contribution is -2.24. The molecule has 0 spiro atoms.